The molecule has 0 bridgehead atoms. The summed E-state index contributed by atoms with van der Waals surface area (Å²) in [5.74, 6) is -0.0523. The molecule has 3 heterocycles. The Morgan fingerprint density at radius 3 is 2.38 bits per heavy atom. The largest absolute Gasteiger partial charge is 0.373 e. The average Bonchev–Trinajstić information content (AvgIpc) is 2.88. The molecular weight excluding hydrogens is 340 g/mol. The predicted octanol–water partition coefficient (Wildman–Crippen LogP) is -1.47. The molecule has 2 atom stereocenters. The van der Waals surface area contributed by atoms with Gasteiger partial charge in [0, 0.05) is 27.2 Å². The molecule has 0 saturated carbocycles. The van der Waals surface area contributed by atoms with Gasteiger partial charge >= 0.3 is 5.69 Å². The highest BCUT2D eigenvalue weighted by atomic mass is 16.5. The minimum absolute atomic E-state index is 0.0740. The Kier molecular flexibility index (Phi) is 4.72. The minimum Gasteiger partial charge on any atom is -0.373 e. The monoisotopic (exact) mass is 364 g/mol. The molecule has 2 aromatic heterocycles. The number of imidazole rings is 1. The Hall–Kier alpha value is -2.46. The second-order valence-electron chi connectivity index (χ2n) is 6.91. The van der Waals surface area contributed by atoms with Crippen molar-refractivity contribution in [1.29, 1.82) is 0 Å². The van der Waals surface area contributed by atoms with Gasteiger partial charge in [-0.05, 0) is 13.8 Å². The lowest BCUT2D eigenvalue weighted by molar-refractivity contribution is -0.118. The van der Waals surface area contributed by atoms with Crippen LogP contribution in [0.3, 0.4) is 0 Å². The average molecular weight is 364 g/mol. The first-order valence-corrected chi connectivity index (χ1v) is 8.50. The number of hydrogen-bond acceptors (Lipinski definition) is 6. The number of aromatic nitrogens is 4. The summed E-state index contributed by atoms with van der Waals surface area (Å²) in [4.78, 5) is 43.0. The van der Waals surface area contributed by atoms with Gasteiger partial charge in [-0.25, -0.2) is 9.78 Å². The van der Waals surface area contributed by atoms with E-state index in [4.69, 9.17) is 10.5 Å². The molecule has 0 radical (unpaired) electrons. The fraction of sp³-hybridized carbons (Fsp3) is 0.625. The van der Waals surface area contributed by atoms with Crippen molar-refractivity contribution in [3.63, 3.8) is 0 Å². The van der Waals surface area contributed by atoms with Crippen LogP contribution in [0.25, 0.3) is 11.2 Å². The lowest BCUT2D eigenvalue weighted by Gasteiger charge is -2.35. The minimum atomic E-state index is -0.579. The Balaban J connectivity index is 2.14. The van der Waals surface area contributed by atoms with E-state index in [-0.39, 0.29) is 29.9 Å². The van der Waals surface area contributed by atoms with Gasteiger partial charge in [0.1, 0.15) is 12.4 Å². The second kappa shape index (κ2) is 6.69. The molecule has 2 unspecified atom stereocenters. The molecule has 142 valence electrons. The number of aryl methyl sites for hydroxylation is 1. The van der Waals surface area contributed by atoms with Crippen molar-refractivity contribution in [2.75, 3.05) is 13.1 Å². The van der Waals surface area contributed by atoms with E-state index in [1.165, 1.54) is 16.2 Å². The zero-order valence-electron chi connectivity index (χ0n) is 15.4. The SMILES string of the molecule is CC1CN(Cc2nc3c(c(=O)n(C)c(=O)n3C)n2CC(N)=O)CC(C)O1. The Labute approximate surface area is 149 Å². The maximum Gasteiger partial charge on any atom is 0.332 e. The van der Waals surface area contributed by atoms with Crippen LogP contribution in [0.15, 0.2) is 9.59 Å². The van der Waals surface area contributed by atoms with Crippen molar-refractivity contribution < 1.29 is 9.53 Å². The standard InChI is InChI=1S/C16H24N6O4/c1-9-5-21(6-10(2)26-9)8-12-18-14-13(22(12)7-11(17)23)15(24)20(4)16(25)19(14)3/h9-10H,5-8H2,1-4H3,(H2,17,23). The van der Waals surface area contributed by atoms with E-state index >= 15 is 0 Å². The van der Waals surface area contributed by atoms with Crippen molar-refractivity contribution in [2.45, 2.75) is 39.1 Å². The first-order valence-electron chi connectivity index (χ1n) is 8.50. The zero-order valence-corrected chi connectivity index (χ0v) is 15.4. The van der Waals surface area contributed by atoms with E-state index in [0.29, 0.717) is 25.5 Å². The van der Waals surface area contributed by atoms with E-state index in [0.717, 1.165) is 4.57 Å². The number of primary amides is 1. The summed E-state index contributed by atoms with van der Waals surface area (Å²) in [7, 11) is 2.95. The number of hydrogen-bond donors (Lipinski definition) is 1. The number of morpholine rings is 1. The van der Waals surface area contributed by atoms with Crippen molar-refractivity contribution in [2.24, 2.45) is 19.8 Å². The van der Waals surface area contributed by atoms with E-state index in [1.807, 2.05) is 13.8 Å². The molecule has 1 fully saturated rings. The summed E-state index contributed by atoms with van der Waals surface area (Å²) in [5.41, 5.74) is 4.88. The van der Waals surface area contributed by atoms with Gasteiger partial charge in [-0.15, -0.1) is 0 Å². The maximum atomic E-state index is 12.6. The number of rotatable bonds is 4. The lowest BCUT2D eigenvalue weighted by atomic mass is 10.2. The van der Waals surface area contributed by atoms with Gasteiger partial charge in [0.05, 0.1) is 18.8 Å². The quantitative estimate of drug-likeness (QED) is 0.708. The number of nitrogens with zero attached hydrogens (tertiary/aromatic N) is 5. The maximum absolute atomic E-state index is 12.6. The molecule has 1 amide bonds. The van der Waals surface area contributed by atoms with Crippen LogP contribution in [0.1, 0.15) is 19.7 Å². The van der Waals surface area contributed by atoms with Crippen LogP contribution in [0.5, 0.6) is 0 Å². The van der Waals surface area contributed by atoms with E-state index in [2.05, 4.69) is 9.88 Å². The van der Waals surface area contributed by atoms with Crippen LogP contribution in [0.2, 0.25) is 0 Å². The molecule has 2 aromatic rings. The summed E-state index contributed by atoms with van der Waals surface area (Å²) in [5, 5.41) is 0. The summed E-state index contributed by atoms with van der Waals surface area (Å²) in [6.07, 6.45) is 0.148. The summed E-state index contributed by atoms with van der Waals surface area (Å²) in [6.45, 7) is 5.66. The number of carbonyl (C=O) groups excluding carboxylic acids is 1. The molecule has 0 aromatic carbocycles. The van der Waals surface area contributed by atoms with Gasteiger partial charge in [-0.3, -0.25) is 23.6 Å². The normalized spacial score (nSPS) is 21.4. The second-order valence-corrected chi connectivity index (χ2v) is 6.91. The third-order valence-electron chi connectivity index (χ3n) is 4.60. The molecule has 0 spiro atoms. The zero-order chi connectivity index (χ0) is 19.2. The Bertz CT molecular complexity index is 962. The summed E-state index contributed by atoms with van der Waals surface area (Å²) >= 11 is 0. The van der Waals surface area contributed by atoms with Gasteiger partial charge in [0.2, 0.25) is 5.91 Å². The molecule has 10 nitrogen and oxygen atoms in total. The number of carbonyl (C=O) groups is 1. The first-order chi connectivity index (χ1) is 12.2. The van der Waals surface area contributed by atoms with Crippen LogP contribution < -0.4 is 17.0 Å². The first kappa shape index (κ1) is 18.3. The molecule has 1 aliphatic heterocycles. The number of fused-ring (bicyclic) bond motifs is 1. The van der Waals surface area contributed by atoms with Crippen molar-refractivity contribution in [1.82, 2.24) is 23.6 Å². The van der Waals surface area contributed by atoms with Crippen LogP contribution in [-0.4, -0.2) is 54.8 Å². The van der Waals surface area contributed by atoms with Crippen LogP contribution in [-0.2, 0) is 36.7 Å². The van der Waals surface area contributed by atoms with Crippen molar-refractivity contribution >= 4 is 17.1 Å². The van der Waals surface area contributed by atoms with E-state index in [9.17, 15) is 14.4 Å². The third kappa shape index (κ3) is 3.17. The smallest absolute Gasteiger partial charge is 0.332 e. The highest BCUT2D eigenvalue weighted by Crippen LogP contribution is 2.17. The Morgan fingerprint density at radius 1 is 1.19 bits per heavy atom. The highest BCUT2D eigenvalue weighted by molar-refractivity contribution is 5.78. The summed E-state index contributed by atoms with van der Waals surface area (Å²) in [6, 6.07) is 0. The molecule has 10 heteroatoms. The lowest BCUT2D eigenvalue weighted by Crippen LogP contribution is -2.45. The molecular formula is C16H24N6O4. The van der Waals surface area contributed by atoms with Gasteiger partial charge in [0.15, 0.2) is 11.2 Å². The molecule has 3 rings (SSSR count). The molecule has 1 aliphatic rings. The molecule has 26 heavy (non-hydrogen) atoms. The highest BCUT2D eigenvalue weighted by Gasteiger charge is 2.26. The van der Waals surface area contributed by atoms with Gasteiger partial charge < -0.3 is 15.0 Å². The van der Waals surface area contributed by atoms with Crippen molar-refractivity contribution in [3.05, 3.63) is 26.7 Å². The third-order valence-corrected chi connectivity index (χ3v) is 4.60. The fourth-order valence-corrected chi connectivity index (χ4v) is 3.55. The van der Waals surface area contributed by atoms with Crippen molar-refractivity contribution in [3.8, 4) is 0 Å². The Morgan fingerprint density at radius 2 is 1.81 bits per heavy atom. The van der Waals surface area contributed by atoms with E-state index < -0.39 is 17.2 Å². The number of nitrogens with two attached hydrogens (primary N) is 1. The fourth-order valence-electron chi connectivity index (χ4n) is 3.55. The molecule has 1 saturated heterocycles. The predicted molar refractivity (Wildman–Crippen MR) is 94.7 cm³/mol. The van der Waals surface area contributed by atoms with Crippen LogP contribution in [0, 0.1) is 0 Å². The van der Waals surface area contributed by atoms with E-state index in [1.54, 1.807) is 7.05 Å². The topological polar surface area (TPSA) is 117 Å². The van der Waals surface area contributed by atoms with Gasteiger partial charge in [0.25, 0.3) is 5.56 Å². The summed E-state index contributed by atoms with van der Waals surface area (Å²) < 4.78 is 9.57. The number of ether oxygens (including phenoxy) is 1. The van der Waals surface area contributed by atoms with Crippen LogP contribution in [0.4, 0.5) is 0 Å². The molecule has 2 N–H and O–H groups in total. The molecule has 0 aliphatic carbocycles. The van der Waals surface area contributed by atoms with Gasteiger partial charge in [-0.2, -0.15) is 0 Å². The van der Waals surface area contributed by atoms with Gasteiger partial charge in [-0.1, -0.05) is 0 Å². The number of amides is 1. The van der Waals surface area contributed by atoms with Crippen LogP contribution >= 0.6 is 0 Å².